The molecule has 98 valence electrons. The van der Waals surface area contributed by atoms with Crippen molar-refractivity contribution in [1.82, 2.24) is 0 Å². The van der Waals surface area contributed by atoms with Crippen LogP contribution in [0.3, 0.4) is 0 Å². The second-order valence-corrected chi connectivity index (χ2v) is 3.85. The molecule has 4 nitrogen and oxygen atoms in total. The van der Waals surface area contributed by atoms with Crippen LogP contribution in [0.5, 0.6) is 0 Å². The highest BCUT2D eigenvalue weighted by Crippen LogP contribution is 2.33. The summed E-state index contributed by atoms with van der Waals surface area (Å²) < 4.78 is 37.3. The molecule has 1 aromatic rings. The molecule has 1 rings (SSSR count). The molecule has 0 bridgehead atoms. The van der Waals surface area contributed by atoms with Gasteiger partial charge in [-0.15, -0.1) is 0 Å². The Morgan fingerprint density at radius 3 is 2.56 bits per heavy atom. The standard InChI is InChI=1S/C10H9ClF3N3O/c11-6-2-1-5(10(12,13)14)3-7(6)17-9(18)4-8(15)16/h1-3H,4H2,(H3,15,16)(H,17,18). The number of anilines is 1. The van der Waals surface area contributed by atoms with Gasteiger partial charge in [-0.25, -0.2) is 0 Å². The number of halogens is 4. The van der Waals surface area contributed by atoms with Crippen LogP contribution in [0.25, 0.3) is 0 Å². The molecule has 1 aromatic carbocycles. The fourth-order valence-electron chi connectivity index (χ4n) is 1.16. The molecule has 0 heterocycles. The van der Waals surface area contributed by atoms with E-state index in [1.165, 1.54) is 0 Å². The van der Waals surface area contributed by atoms with Gasteiger partial charge in [0, 0.05) is 0 Å². The molecular formula is C10H9ClF3N3O. The van der Waals surface area contributed by atoms with Gasteiger partial charge >= 0.3 is 6.18 Å². The zero-order valence-electron chi connectivity index (χ0n) is 8.94. The molecular weight excluding hydrogens is 271 g/mol. The summed E-state index contributed by atoms with van der Waals surface area (Å²) in [6.45, 7) is 0. The Morgan fingerprint density at radius 1 is 1.44 bits per heavy atom. The van der Waals surface area contributed by atoms with Gasteiger partial charge in [0.2, 0.25) is 5.91 Å². The molecule has 0 aromatic heterocycles. The second kappa shape index (κ2) is 5.26. The summed E-state index contributed by atoms with van der Waals surface area (Å²) in [6, 6.07) is 2.57. The van der Waals surface area contributed by atoms with Crippen LogP contribution >= 0.6 is 11.6 Å². The van der Waals surface area contributed by atoms with E-state index in [1.807, 2.05) is 0 Å². The summed E-state index contributed by atoms with van der Waals surface area (Å²) in [5, 5.41) is 9.02. The first kappa shape index (κ1) is 14.3. The number of amides is 1. The fourth-order valence-corrected chi connectivity index (χ4v) is 1.33. The molecule has 0 unspecified atom stereocenters. The maximum atomic E-state index is 12.4. The Kier molecular flexibility index (Phi) is 4.18. The van der Waals surface area contributed by atoms with Crippen molar-refractivity contribution in [3.63, 3.8) is 0 Å². The summed E-state index contributed by atoms with van der Waals surface area (Å²) in [7, 11) is 0. The van der Waals surface area contributed by atoms with Gasteiger partial charge in [0.05, 0.1) is 22.7 Å². The van der Waals surface area contributed by atoms with Gasteiger partial charge in [0.25, 0.3) is 0 Å². The zero-order chi connectivity index (χ0) is 13.9. The lowest BCUT2D eigenvalue weighted by Gasteiger charge is -2.11. The van der Waals surface area contributed by atoms with Crippen molar-refractivity contribution in [3.8, 4) is 0 Å². The first-order valence-corrected chi connectivity index (χ1v) is 5.07. The van der Waals surface area contributed by atoms with E-state index in [-0.39, 0.29) is 10.7 Å². The monoisotopic (exact) mass is 279 g/mol. The van der Waals surface area contributed by atoms with Crippen LogP contribution in [0.1, 0.15) is 12.0 Å². The molecule has 0 atom stereocenters. The lowest BCUT2D eigenvalue weighted by atomic mass is 10.2. The SMILES string of the molecule is N=C(N)CC(=O)Nc1cc(C(F)(F)F)ccc1Cl. The van der Waals surface area contributed by atoms with Crippen molar-refractivity contribution in [2.45, 2.75) is 12.6 Å². The van der Waals surface area contributed by atoms with Crippen LogP contribution in [0.2, 0.25) is 5.02 Å². The summed E-state index contributed by atoms with van der Waals surface area (Å²) in [5.74, 6) is -1.10. The minimum atomic E-state index is -4.52. The van der Waals surface area contributed by atoms with Gasteiger partial charge in [0.15, 0.2) is 0 Å². The van der Waals surface area contributed by atoms with Crippen LogP contribution < -0.4 is 11.1 Å². The normalized spacial score (nSPS) is 11.1. The number of benzene rings is 1. The number of nitrogens with one attached hydrogen (secondary N) is 2. The van der Waals surface area contributed by atoms with Crippen LogP contribution in [0, 0.1) is 5.41 Å². The van der Waals surface area contributed by atoms with E-state index >= 15 is 0 Å². The van der Waals surface area contributed by atoms with Gasteiger partial charge < -0.3 is 11.1 Å². The topological polar surface area (TPSA) is 79.0 Å². The van der Waals surface area contributed by atoms with Gasteiger partial charge in [-0.3, -0.25) is 10.2 Å². The largest absolute Gasteiger partial charge is 0.416 e. The molecule has 0 aliphatic carbocycles. The Morgan fingerprint density at radius 2 is 2.06 bits per heavy atom. The predicted molar refractivity (Wildman–Crippen MR) is 61.6 cm³/mol. The molecule has 4 N–H and O–H groups in total. The van der Waals surface area contributed by atoms with E-state index in [9.17, 15) is 18.0 Å². The highest BCUT2D eigenvalue weighted by molar-refractivity contribution is 6.33. The van der Waals surface area contributed by atoms with Gasteiger partial charge in [-0.1, -0.05) is 11.6 Å². The third-order valence-electron chi connectivity index (χ3n) is 1.92. The number of hydrogen-bond acceptors (Lipinski definition) is 2. The molecule has 1 amide bonds. The van der Waals surface area contributed by atoms with Gasteiger partial charge in [0.1, 0.15) is 5.84 Å². The second-order valence-electron chi connectivity index (χ2n) is 3.44. The average Bonchev–Trinajstić information content (AvgIpc) is 2.18. The number of alkyl halides is 3. The van der Waals surface area contributed by atoms with E-state index in [1.54, 1.807) is 0 Å². The van der Waals surface area contributed by atoms with Crippen molar-refractivity contribution >= 4 is 29.0 Å². The van der Waals surface area contributed by atoms with Crippen LogP contribution in [0.4, 0.5) is 18.9 Å². The maximum absolute atomic E-state index is 12.4. The minimum Gasteiger partial charge on any atom is -0.387 e. The highest BCUT2D eigenvalue weighted by Gasteiger charge is 2.31. The number of rotatable bonds is 3. The van der Waals surface area contributed by atoms with Crippen molar-refractivity contribution in [2.75, 3.05) is 5.32 Å². The van der Waals surface area contributed by atoms with Crippen LogP contribution in [-0.2, 0) is 11.0 Å². The highest BCUT2D eigenvalue weighted by atomic mass is 35.5. The molecule has 8 heteroatoms. The van der Waals surface area contributed by atoms with Crippen molar-refractivity contribution in [2.24, 2.45) is 5.73 Å². The zero-order valence-corrected chi connectivity index (χ0v) is 9.69. The minimum absolute atomic E-state index is 0.0279. The van der Waals surface area contributed by atoms with Crippen molar-refractivity contribution in [3.05, 3.63) is 28.8 Å². The molecule has 0 spiro atoms. The van der Waals surface area contributed by atoms with E-state index in [2.05, 4.69) is 5.32 Å². The van der Waals surface area contributed by atoms with Crippen LogP contribution in [-0.4, -0.2) is 11.7 Å². The summed E-state index contributed by atoms with van der Waals surface area (Å²) in [4.78, 5) is 11.3. The number of nitrogens with two attached hydrogens (primary N) is 1. The average molecular weight is 280 g/mol. The lowest BCUT2D eigenvalue weighted by Crippen LogP contribution is -2.21. The third kappa shape index (κ3) is 3.92. The first-order valence-electron chi connectivity index (χ1n) is 4.69. The van der Waals surface area contributed by atoms with Gasteiger partial charge in [-0.05, 0) is 18.2 Å². The van der Waals surface area contributed by atoms with Crippen LogP contribution in [0.15, 0.2) is 18.2 Å². The Bertz CT molecular complexity index is 488. The summed E-state index contributed by atoms with van der Waals surface area (Å²) >= 11 is 5.66. The van der Waals surface area contributed by atoms with E-state index in [4.69, 9.17) is 22.7 Å². The summed E-state index contributed by atoms with van der Waals surface area (Å²) in [6.07, 6.45) is -4.93. The van der Waals surface area contributed by atoms with Crippen molar-refractivity contribution in [1.29, 1.82) is 5.41 Å². The molecule has 0 radical (unpaired) electrons. The van der Waals surface area contributed by atoms with Gasteiger partial charge in [-0.2, -0.15) is 13.2 Å². The number of carbonyl (C=O) groups excluding carboxylic acids is 1. The molecule has 0 saturated carbocycles. The number of amidine groups is 1. The summed E-state index contributed by atoms with van der Waals surface area (Å²) in [5.41, 5.74) is 3.90. The van der Waals surface area contributed by atoms with E-state index in [0.717, 1.165) is 18.2 Å². The molecule has 0 fully saturated rings. The lowest BCUT2D eigenvalue weighted by molar-refractivity contribution is -0.137. The molecule has 0 saturated heterocycles. The fraction of sp³-hybridized carbons (Fsp3) is 0.200. The first-order chi connectivity index (χ1) is 8.20. The third-order valence-corrected chi connectivity index (χ3v) is 2.25. The Labute approximate surface area is 105 Å². The Balaban J connectivity index is 2.95. The van der Waals surface area contributed by atoms with Crippen molar-refractivity contribution < 1.29 is 18.0 Å². The number of carbonyl (C=O) groups is 1. The molecule has 18 heavy (non-hydrogen) atoms. The number of hydrogen-bond donors (Lipinski definition) is 3. The quantitative estimate of drug-likeness (QED) is 0.587. The maximum Gasteiger partial charge on any atom is 0.416 e. The molecule has 0 aliphatic rings. The Hall–Kier alpha value is -1.76. The molecule has 0 aliphatic heterocycles. The van der Waals surface area contributed by atoms with E-state index in [0.29, 0.717) is 0 Å². The smallest absolute Gasteiger partial charge is 0.387 e. The predicted octanol–water partition coefficient (Wildman–Crippen LogP) is 2.62. The van der Waals surface area contributed by atoms with E-state index < -0.39 is 29.9 Å².